The maximum atomic E-state index is 13.1. The summed E-state index contributed by atoms with van der Waals surface area (Å²) < 4.78 is 0. The van der Waals surface area contributed by atoms with Gasteiger partial charge in [0.2, 0.25) is 0 Å². The molecule has 0 aromatic carbocycles. The van der Waals surface area contributed by atoms with Gasteiger partial charge in [-0.15, -0.1) is 0 Å². The van der Waals surface area contributed by atoms with Gasteiger partial charge >= 0.3 is 11.8 Å². The molecule has 0 bridgehead atoms. The third-order valence-corrected chi connectivity index (χ3v) is 6.48. The number of nitrogens with zero attached hydrogens (tertiary/aromatic N) is 2. The average Bonchev–Trinajstić information content (AvgIpc) is 2.63. The summed E-state index contributed by atoms with van der Waals surface area (Å²) in [6.45, 7) is 9.28. The van der Waals surface area contributed by atoms with Gasteiger partial charge in [0.05, 0.1) is 11.9 Å². The fourth-order valence-corrected chi connectivity index (χ4v) is 4.95. The number of aryl methyl sites for hydroxylation is 1. The lowest BCUT2D eigenvalue weighted by Crippen LogP contribution is -2.54. The topological polar surface area (TPSA) is 88.3 Å². The first-order chi connectivity index (χ1) is 13.2. The van der Waals surface area contributed by atoms with Crippen LogP contribution < -0.4 is 11.1 Å². The van der Waals surface area contributed by atoms with Crippen molar-refractivity contribution in [2.24, 2.45) is 17.3 Å². The number of nitrogens with two attached hydrogens (primary N) is 1. The van der Waals surface area contributed by atoms with Crippen molar-refractivity contribution >= 4 is 23.3 Å². The number of likely N-dealkylation sites (tertiary alicyclic amines) is 1. The highest BCUT2D eigenvalue weighted by Gasteiger charge is 2.40. The molecule has 1 aliphatic carbocycles. The molecule has 6 heteroatoms. The van der Waals surface area contributed by atoms with E-state index in [1.165, 1.54) is 19.0 Å². The summed E-state index contributed by atoms with van der Waals surface area (Å²) in [5, 5.41) is 2.71. The summed E-state index contributed by atoms with van der Waals surface area (Å²) in [4.78, 5) is 31.7. The molecule has 3 N–H and O–H groups in total. The number of rotatable bonds is 2. The minimum absolute atomic E-state index is 0.167. The third-order valence-electron chi connectivity index (χ3n) is 6.48. The van der Waals surface area contributed by atoms with Gasteiger partial charge in [0.15, 0.2) is 0 Å². The molecule has 2 aliphatic rings. The van der Waals surface area contributed by atoms with E-state index >= 15 is 0 Å². The Labute approximate surface area is 168 Å². The van der Waals surface area contributed by atoms with Crippen LogP contribution in [-0.2, 0) is 9.59 Å². The minimum Gasteiger partial charge on any atom is -0.383 e. The summed E-state index contributed by atoms with van der Waals surface area (Å²) in [6.07, 6.45) is 8.32. The largest absolute Gasteiger partial charge is 0.383 e. The van der Waals surface area contributed by atoms with E-state index in [1.807, 2.05) is 11.8 Å². The van der Waals surface area contributed by atoms with E-state index in [4.69, 9.17) is 5.73 Å². The molecular weight excluding hydrogens is 352 g/mol. The van der Waals surface area contributed by atoms with Crippen LogP contribution in [0.1, 0.15) is 64.9 Å². The van der Waals surface area contributed by atoms with Gasteiger partial charge in [0.25, 0.3) is 0 Å². The van der Waals surface area contributed by atoms with Crippen LogP contribution in [0.15, 0.2) is 12.3 Å². The van der Waals surface area contributed by atoms with Gasteiger partial charge in [0.1, 0.15) is 5.82 Å². The Hall–Kier alpha value is -2.11. The monoisotopic (exact) mass is 386 g/mol. The molecule has 3 rings (SSSR count). The number of piperidine rings is 1. The Morgan fingerprint density at radius 1 is 1.29 bits per heavy atom. The van der Waals surface area contributed by atoms with Crippen LogP contribution in [0.5, 0.6) is 0 Å². The van der Waals surface area contributed by atoms with E-state index < -0.39 is 11.8 Å². The number of aromatic nitrogens is 1. The van der Waals surface area contributed by atoms with Crippen LogP contribution in [-0.4, -0.2) is 34.3 Å². The molecule has 1 unspecified atom stereocenters. The number of anilines is 2. The normalized spacial score (nSPS) is 27.3. The zero-order valence-electron chi connectivity index (χ0n) is 17.6. The number of amides is 2. The van der Waals surface area contributed by atoms with Crippen LogP contribution in [0, 0.1) is 24.2 Å². The van der Waals surface area contributed by atoms with Crippen molar-refractivity contribution in [2.45, 2.75) is 72.3 Å². The van der Waals surface area contributed by atoms with Crippen molar-refractivity contribution in [3.63, 3.8) is 0 Å². The molecule has 154 valence electrons. The van der Waals surface area contributed by atoms with Gasteiger partial charge in [-0.05, 0) is 67.9 Å². The van der Waals surface area contributed by atoms with Gasteiger partial charge in [0, 0.05) is 12.6 Å². The Kier molecular flexibility index (Phi) is 5.96. The number of hydrogen-bond acceptors (Lipinski definition) is 4. The van der Waals surface area contributed by atoms with E-state index in [9.17, 15) is 9.59 Å². The first-order valence-corrected chi connectivity index (χ1v) is 10.5. The van der Waals surface area contributed by atoms with Crippen LogP contribution in [0.2, 0.25) is 0 Å². The fourth-order valence-electron chi connectivity index (χ4n) is 4.95. The number of carbonyl (C=O) groups is 2. The molecule has 6 nitrogen and oxygen atoms in total. The summed E-state index contributed by atoms with van der Waals surface area (Å²) >= 11 is 0. The summed E-state index contributed by atoms with van der Waals surface area (Å²) in [5.74, 6) is 0.321. The fraction of sp³-hybridized carbons (Fsp3) is 0.682. The number of nitrogens with one attached hydrogen (secondary N) is 1. The number of pyridine rings is 1. The molecule has 2 fully saturated rings. The van der Waals surface area contributed by atoms with Gasteiger partial charge in [-0.1, -0.05) is 27.2 Å². The summed E-state index contributed by atoms with van der Waals surface area (Å²) in [5.41, 5.74) is 7.33. The molecule has 1 saturated carbocycles. The van der Waals surface area contributed by atoms with Crippen molar-refractivity contribution in [1.82, 2.24) is 9.88 Å². The molecule has 1 aromatic rings. The van der Waals surface area contributed by atoms with Crippen molar-refractivity contribution in [1.29, 1.82) is 0 Å². The second-order valence-corrected chi connectivity index (χ2v) is 9.61. The molecule has 3 atom stereocenters. The lowest BCUT2D eigenvalue weighted by molar-refractivity contribution is -0.148. The van der Waals surface area contributed by atoms with Gasteiger partial charge in [-0.3, -0.25) is 9.59 Å². The third kappa shape index (κ3) is 4.65. The molecule has 0 spiro atoms. The molecule has 1 saturated heterocycles. The molecule has 2 heterocycles. The van der Waals surface area contributed by atoms with E-state index in [0.717, 1.165) is 31.2 Å². The number of carbonyl (C=O) groups excluding carboxylic acids is 2. The Morgan fingerprint density at radius 2 is 2.04 bits per heavy atom. The molecule has 1 aromatic heterocycles. The number of nitrogen functional groups attached to an aromatic ring is 1. The molecular formula is C22H34N4O2. The van der Waals surface area contributed by atoms with Gasteiger partial charge < -0.3 is 16.0 Å². The quantitative estimate of drug-likeness (QED) is 0.758. The van der Waals surface area contributed by atoms with Crippen molar-refractivity contribution in [3.05, 3.63) is 17.8 Å². The molecule has 2 amide bonds. The second-order valence-electron chi connectivity index (χ2n) is 9.61. The highest BCUT2D eigenvalue weighted by Crippen LogP contribution is 2.43. The predicted octanol–water partition coefficient (Wildman–Crippen LogP) is 3.75. The zero-order valence-corrected chi connectivity index (χ0v) is 17.6. The lowest BCUT2D eigenvalue weighted by atomic mass is 9.68. The van der Waals surface area contributed by atoms with Gasteiger partial charge in [-0.2, -0.15) is 0 Å². The first kappa shape index (κ1) is 20.6. The van der Waals surface area contributed by atoms with Crippen LogP contribution >= 0.6 is 0 Å². The summed E-state index contributed by atoms with van der Waals surface area (Å²) in [7, 11) is 0. The van der Waals surface area contributed by atoms with Crippen LogP contribution in [0.25, 0.3) is 0 Å². The maximum Gasteiger partial charge on any atom is 0.313 e. The first-order valence-electron chi connectivity index (χ1n) is 10.5. The lowest BCUT2D eigenvalue weighted by Gasteiger charge is -2.46. The standard InChI is InChI=1S/C22H34N4O2/c1-14-7-8-18(16-6-5-9-22(3,4)11-16)26(13-14)21(28)20(27)25-17-10-15(2)19(23)24-12-17/h10,12,14,16,18H,5-9,11,13H2,1-4H3,(H2,23,24)(H,25,27)/t14-,16?,18+/m1/s1. The Balaban J connectivity index is 1.74. The van der Waals surface area contributed by atoms with Crippen molar-refractivity contribution in [3.8, 4) is 0 Å². The van der Waals surface area contributed by atoms with E-state index in [1.54, 1.807) is 6.07 Å². The average molecular weight is 387 g/mol. The summed E-state index contributed by atoms with van der Waals surface area (Å²) in [6, 6.07) is 1.91. The van der Waals surface area contributed by atoms with E-state index in [2.05, 4.69) is 31.1 Å². The van der Waals surface area contributed by atoms with Gasteiger partial charge in [-0.25, -0.2) is 4.98 Å². The van der Waals surface area contributed by atoms with E-state index in [0.29, 0.717) is 35.3 Å². The maximum absolute atomic E-state index is 13.1. The molecule has 0 radical (unpaired) electrons. The smallest absolute Gasteiger partial charge is 0.313 e. The molecule has 28 heavy (non-hydrogen) atoms. The Morgan fingerprint density at radius 3 is 2.71 bits per heavy atom. The van der Waals surface area contributed by atoms with Crippen molar-refractivity contribution in [2.75, 3.05) is 17.6 Å². The number of hydrogen-bond donors (Lipinski definition) is 2. The minimum atomic E-state index is -0.583. The SMILES string of the molecule is Cc1cc(NC(=O)C(=O)N2C[C@H](C)CC[C@H]2C2CCCC(C)(C)C2)cnc1N. The highest BCUT2D eigenvalue weighted by atomic mass is 16.2. The van der Waals surface area contributed by atoms with E-state index in [-0.39, 0.29) is 6.04 Å². The molecule has 1 aliphatic heterocycles. The van der Waals surface area contributed by atoms with Crippen molar-refractivity contribution < 1.29 is 9.59 Å². The zero-order chi connectivity index (χ0) is 20.5. The Bertz CT molecular complexity index is 746. The van der Waals surface area contributed by atoms with Crippen LogP contribution in [0.3, 0.4) is 0 Å². The highest BCUT2D eigenvalue weighted by molar-refractivity contribution is 6.39. The van der Waals surface area contributed by atoms with Crippen LogP contribution in [0.4, 0.5) is 11.5 Å². The second kappa shape index (κ2) is 8.10. The predicted molar refractivity (Wildman–Crippen MR) is 112 cm³/mol.